The molecule has 0 saturated carbocycles. The Bertz CT molecular complexity index is 189. The summed E-state index contributed by atoms with van der Waals surface area (Å²) in [5, 5.41) is 7.97. The molecule has 0 amide bonds. The third-order valence-corrected chi connectivity index (χ3v) is 4.96. The summed E-state index contributed by atoms with van der Waals surface area (Å²) in [4.78, 5) is 12.4. The summed E-state index contributed by atoms with van der Waals surface area (Å²) >= 11 is 4.97. The van der Waals surface area contributed by atoms with Crippen LogP contribution in [0.4, 0.5) is 4.79 Å². The average Bonchev–Trinajstić information content (AvgIpc) is 1.85. The van der Waals surface area contributed by atoms with Crippen molar-refractivity contribution in [2.45, 2.75) is 0 Å². The highest BCUT2D eigenvalue weighted by Crippen LogP contribution is 2.42. The maximum Gasteiger partial charge on any atom is 0.352 e. The third kappa shape index (κ3) is 2.34. The highest BCUT2D eigenvalue weighted by atomic mass is 32.3. The molecule has 0 saturated heterocycles. The van der Waals surface area contributed by atoms with Crippen molar-refractivity contribution in [1.82, 2.24) is 4.90 Å². The zero-order chi connectivity index (χ0) is 9.23. The van der Waals surface area contributed by atoms with Crippen LogP contribution in [0.15, 0.2) is 0 Å². The van der Waals surface area contributed by atoms with E-state index in [1.54, 1.807) is 31.5 Å². The molecule has 0 atom stereocenters. The number of carboxylic acid groups (broad SMARTS) is 1. The van der Waals surface area contributed by atoms with Gasteiger partial charge in [-0.1, -0.05) is 22.2 Å². The van der Waals surface area contributed by atoms with E-state index >= 15 is 0 Å². The lowest BCUT2D eigenvalue weighted by Gasteiger charge is -2.30. The normalized spacial score (nSPS) is 12.4. The fourth-order valence-corrected chi connectivity index (χ4v) is 1.81. The standard InChI is InChI=1S/C6H13NO2S2/c1-7(2)5(10)11(3,4)6(8)9/h1-4H3,(H,8,9). The maximum atomic E-state index is 10.7. The van der Waals surface area contributed by atoms with E-state index in [0.29, 0.717) is 4.32 Å². The lowest BCUT2D eigenvalue weighted by Crippen LogP contribution is -2.28. The zero-order valence-electron chi connectivity index (χ0n) is 7.12. The molecule has 0 radical (unpaired) electrons. The zero-order valence-corrected chi connectivity index (χ0v) is 8.75. The number of rotatable bonds is 0. The number of hydrogen-bond donors (Lipinski definition) is 1. The molecule has 0 unspecified atom stereocenters. The molecule has 0 aliphatic heterocycles. The Hall–Kier alpha value is -0.290. The first-order valence-electron chi connectivity index (χ1n) is 2.97. The van der Waals surface area contributed by atoms with Gasteiger partial charge >= 0.3 is 5.30 Å². The van der Waals surface area contributed by atoms with Crippen LogP contribution in [0.5, 0.6) is 0 Å². The van der Waals surface area contributed by atoms with Crippen molar-refractivity contribution in [2.24, 2.45) is 0 Å². The third-order valence-electron chi connectivity index (χ3n) is 1.24. The molecular formula is C6H13NO2S2. The van der Waals surface area contributed by atoms with Gasteiger partial charge in [0.05, 0.1) is 0 Å². The molecule has 0 rings (SSSR count). The van der Waals surface area contributed by atoms with Crippen LogP contribution in [0.25, 0.3) is 0 Å². The van der Waals surface area contributed by atoms with E-state index in [0.717, 1.165) is 0 Å². The monoisotopic (exact) mass is 195 g/mol. The summed E-state index contributed by atoms with van der Waals surface area (Å²) in [6, 6.07) is 0. The van der Waals surface area contributed by atoms with Gasteiger partial charge in [-0.25, -0.2) is 4.79 Å². The molecule has 11 heavy (non-hydrogen) atoms. The molecule has 0 fully saturated rings. The number of nitrogens with zero attached hydrogens (tertiary/aromatic N) is 1. The van der Waals surface area contributed by atoms with E-state index in [4.69, 9.17) is 17.3 Å². The summed E-state index contributed by atoms with van der Waals surface area (Å²) in [7, 11) is 1.73. The molecule has 0 aromatic heterocycles. The molecule has 0 aromatic carbocycles. The van der Waals surface area contributed by atoms with Crippen LogP contribution in [0, 0.1) is 0 Å². The molecule has 66 valence electrons. The van der Waals surface area contributed by atoms with Gasteiger partial charge in [0.2, 0.25) is 0 Å². The molecule has 5 heteroatoms. The molecule has 0 aliphatic carbocycles. The van der Waals surface area contributed by atoms with E-state index in [1.807, 2.05) is 0 Å². The molecule has 0 heterocycles. The Morgan fingerprint density at radius 1 is 1.45 bits per heavy atom. The van der Waals surface area contributed by atoms with Gasteiger partial charge in [0.1, 0.15) is 4.32 Å². The first-order valence-corrected chi connectivity index (χ1v) is 5.83. The predicted octanol–water partition coefficient (Wildman–Crippen LogP) is 1.58. The van der Waals surface area contributed by atoms with E-state index in [-0.39, 0.29) is 0 Å². The number of carbonyl (C=O) groups is 1. The minimum atomic E-state index is -1.80. The fraction of sp³-hybridized carbons (Fsp3) is 0.667. The van der Waals surface area contributed by atoms with Crippen molar-refractivity contribution in [2.75, 3.05) is 26.6 Å². The van der Waals surface area contributed by atoms with Gasteiger partial charge in [0.25, 0.3) is 0 Å². The molecule has 1 N–H and O–H groups in total. The van der Waals surface area contributed by atoms with Crippen LogP contribution >= 0.6 is 22.2 Å². The first kappa shape index (κ1) is 10.7. The van der Waals surface area contributed by atoms with Crippen LogP contribution in [0.3, 0.4) is 0 Å². The SMILES string of the molecule is CN(C)C(=S)S(C)(C)C(=O)O. The van der Waals surface area contributed by atoms with Crippen LogP contribution < -0.4 is 0 Å². The summed E-state index contributed by atoms with van der Waals surface area (Å²) < 4.78 is 0.519. The topological polar surface area (TPSA) is 40.5 Å². The van der Waals surface area contributed by atoms with Gasteiger partial charge in [0, 0.05) is 14.1 Å². The maximum absolute atomic E-state index is 10.7. The van der Waals surface area contributed by atoms with Crippen LogP contribution in [0.1, 0.15) is 0 Å². The van der Waals surface area contributed by atoms with Crippen molar-refractivity contribution in [3.8, 4) is 0 Å². The lowest BCUT2D eigenvalue weighted by atomic mass is 11.0. The van der Waals surface area contributed by atoms with E-state index in [9.17, 15) is 4.79 Å². The fourth-order valence-electron chi connectivity index (χ4n) is 0.531. The van der Waals surface area contributed by atoms with Gasteiger partial charge < -0.3 is 10.0 Å². The Morgan fingerprint density at radius 3 is 1.91 bits per heavy atom. The molecule has 0 aliphatic rings. The lowest BCUT2D eigenvalue weighted by molar-refractivity contribution is 0.221. The summed E-state index contributed by atoms with van der Waals surface area (Å²) in [5.41, 5.74) is 0. The van der Waals surface area contributed by atoms with Gasteiger partial charge in [-0.2, -0.15) is 0 Å². The second-order valence-corrected chi connectivity index (χ2v) is 6.79. The number of thiocarbonyl (C=S) groups is 1. The van der Waals surface area contributed by atoms with Crippen molar-refractivity contribution in [3.05, 3.63) is 0 Å². The minimum absolute atomic E-state index is 0.519. The van der Waals surface area contributed by atoms with Crippen molar-refractivity contribution in [3.63, 3.8) is 0 Å². The van der Waals surface area contributed by atoms with E-state index < -0.39 is 15.3 Å². The van der Waals surface area contributed by atoms with Gasteiger partial charge in [-0.05, 0) is 12.5 Å². The molecular weight excluding hydrogens is 182 g/mol. The van der Waals surface area contributed by atoms with Gasteiger partial charge in [-0.3, -0.25) is 0 Å². The Labute approximate surface area is 73.7 Å². The second kappa shape index (κ2) is 3.40. The van der Waals surface area contributed by atoms with Crippen molar-refractivity contribution < 1.29 is 9.90 Å². The summed E-state index contributed by atoms with van der Waals surface area (Å²) in [6.07, 6.45) is 3.36. The molecule has 3 nitrogen and oxygen atoms in total. The number of hydrogen-bond acceptors (Lipinski definition) is 2. The largest absolute Gasteiger partial charge is 0.474 e. The quantitative estimate of drug-likeness (QED) is 0.596. The van der Waals surface area contributed by atoms with E-state index in [2.05, 4.69) is 0 Å². The second-order valence-electron chi connectivity index (χ2n) is 2.75. The van der Waals surface area contributed by atoms with Gasteiger partial charge in [-0.15, -0.1) is 0 Å². The average molecular weight is 195 g/mol. The minimum Gasteiger partial charge on any atom is -0.474 e. The first-order chi connectivity index (χ1) is 4.80. The summed E-state index contributed by atoms with van der Waals surface area (Å²) in [6.45, 7) is 0. The van der Waals surface area contributed by atoms with Crippen molar-refractivity contribution >= 4 is 31.9 Å². The Kier molecular flexibility index (Phi) is 3.31. The smallest absolute Gasteiger partial charge is 0.352 e. The van der Waals surface area contributed by atoms with E-state index in [1.165, 1.54) is 0 Å². The predicted molar refractivity (Wildman–Crippen MR) is 53.7 cm³/mol. The highest BCUT2D eigenvalue weighted by Gasteiger charge is 2.27. The molecule has 0 bridgehead atoms. The molecule has 0 aromatic rings. The van der Waals surface area contributed by atoms with Gasteiger partial charge in [0.15, 0.2) is 0 Å². The van der Waals surface area contributed by atoms with Crippen LogP contribution in [0.2, 0.25) is 0 Å². The Morgan fingerprint density at radius 2 is 1.82 bits per heavy atom. The molecule has 0 spiro atoms. The van der Waals surface area contributed by atoms with Crippen LogP contribution in [-0.4, -0.2) is 46.2 Å². The Balaban J connectivity index is 4.56. The van der Waals surface area contributed by atoms with Crippen molar-refractivity contribution in [1.29, 1.82) is 0 Å². The van der Waals surface area contributed by atoms with Crippen LogP contribution in [-0.2, 0) is 0 Å². The summed E-state index contributed by atoms with van der Waals surface area (Å²) in [5.74, 6) is 0. The highest BCUT2D eigenvalue weighted by molar-refractivity contribution is 8.58.